The van der Waals surface area contributed by atoms with E-state index in [1.165, 1.54) is 0 Å². The normalized spacial score (nSPS) is 10.1. The summed E-state index contributed by atoms with van der Waals surface area (Å²) in [6, 6.07) is 9.18. The van der Waals surface area contributed by atoms with E-state index < -0.39 is 6.09 Å². The molecule has 0 fully saturated rings. The monoisotopic (exact) mass is 432 g/mol. The highest BCUT2D eigenvalue weighted by atomic mass is 16.5. The fourth-order valence-electron chi connectivity index (χ4n) is 3.07. The van der Waals surface area contributed by atoms with Gasteiger partial charge in [0.25, 0.3) is 0 Å². The van der Waals surface area contributed by atoms with Crippen molar-refractivity contribution in [3.8, 4) is 23.0 Å². The van der Waals surface area contributed by atoms with Crippen LogP contribution in [0.4, 0.5) is 15.4 Å². The van der Waals surface area contributed by atoms with Crippen LogP contribution in [0, 0.1) is 11.8 Å². The minimum Gasteiger partial charge on any atom is -0.436 e. The predicted octanol–water partition coefficient (Wildman–Crippen LogP) is 2.63. The maximum atomic E-state index is 11.9. The maximum absolute atomic E-state index is 11.9. The molecular weight excluding hydrogens is 408 g/mol. The molecule has 1 aromatic carbocycles. The summed E-state index contributed by atoms with van der Waals surface area (Å²) >= 11 is 0. The van der Waals surface area contributed by atoms with E-state index in [0.29, 0.717) is 12.4 Å². The number of ether oxygens (including phenoxy) is 1. The smallest absolute Gasteiger partial charge is 0.408 e. The third-order valence-corrected chi connectivity index (χ3v) is 4.49. The molecule has 0 aliphatic rings. The molecule has 0 bridgehead atoms. The van der Waals surface area contributed by atoms with E-state index in [2.05, 4.69) is 37.8 Å². The van der Waals surface area contributed by atoms with E-state index in [1.54, 1.807) is 18.6 Å². The van der Waals surface area contributed by atoms with Gasteiger partial charge in [-0.3, -0.25) is 10.3 Å². The molecule has 0 aliphatic heterocycles. The largest absolute Gasteiger partial charge is 0.436 e. The molecule has 164 valence electrons. The number of carbonyl (C=O) groups is 2. The second-order valence-corrected chi connectivity index (χ2v) is 6.60. The molecule has 9 heteroatoms. The Bertz CT molecular complexity index is 1150. The van der Waals surface area contributed by atoms with Gasteiger partial charge in [-0.05, 0) is 47.2 Å². The van der Waals surface area contributed by atoms with Crippen molar-refractivity contribution in [2.75, 3.05) is 25.0 Å². The number of nitrogens with two attached hydrogens (primary N) is 1. The molecule has 0 saturated heterocycles. The van der Waals surface area contributed by atoms with Crippen molar-refractivity contribution in [1.29, 1.82) is 0 Å². The second-order valence-electron chi connectivity index (χ2n) is 6.60. The Morgan fingerprint density at radius 3 is 2.66 bits per heavy atom. The molecule has 0 unspecified atom stereocenters. The van der Waals surface area contributed by atoms with Crippen LogP contribution in [0.15, 0.2) is 48.9 Å². The van der Waals surface area contributed by atoms with E-state index in [9.17, 15) is 9.59 Å². The van der Waals surface area contributed by atoms with Gasteiger partial charge in [0.2, 0.25) is 0 Å². The Hall–Kier alpha value is -4.16. The van der Waals surface area contributed by atoms with Crippen molar-refractivity contribution < 1.29 is 14.3 Å². The number of amides is 3. The van der Waals surface area contributed by atoms with Crippen molar-refractivity contribution in [2.24, 2.45) is 5.73 Å². The lowest BCUT2D eigenvalue weighted by Gasteiger charge is -2.14. The predicted molar refractivity (Wildman–Crippen MR) is 123 cm³/mol. The number of fused-ring (bicyclic) bond motifs is 1. The Morgan fingerprint density at radius 1 is 1.09 bits per heavy atom. The van der Waals surface area contributed by atoms with Crippen LogP contribution >= 0.6 is 0 Å². The number of benzene rings is 1. The number of alkyl carbamates (subject to hydrolysis) is 1. The first kappa shape index (κ1) is 22.5. The van der Waals surface area contributed by atoms with Crippen LogP contribution in [0.5, 0.6) is 0 Å². The molecule has 0 aliphatic carbocycles. The van der Waals surface area contributed by atoms with E-state index in [1.807, 2.05) is 37.3 Å². The van der Waals surface area contributed by atoms with E-state index in [0.717, 1.165) is 27.5 Å². The topological polar surface area (TPSA) is 131 Å². The molecule has 5 N–H and O–H groups in total. The molecule has 32 heavy (non-hydrogen) atoms. The van der Waals surface area contributed by atoms with Crippen molar-refractivity contribution >= 4 is 28.7 Å². The molecule has 3 amide bonds. The number of pyridine rings is 2. The highest BCUT2D eigenvalue weighted by Crippen LogP contribution is 2.31. The van der Waals surface area contributed by atoms with Gasteiger partial charge in [-0.1, -0.05) is 24.0 Å². The van der Waals surface area contributed by atoms with Gasteiger partial charge in [-0.2, -0.15) is 0 Å². The van der Waals surface area contributed by atoms with Gasteiger partial charge in [-0.15, -0.1) is 0 Å². The van der Waals surface area contributed by atoms with Crippen LogP contribution in [0.3, 0.4) is 0 Å². The molecule has 3 aromatic rings. The number of hydrogen-bond acceptors (Lipinski definition) is 6. The molecule has 2 heterocycles. The SMILES string of the molecule is CCNC(=O)Nc1cc2c(-c3ccncc3)ccc(CNC(=O)OCC#CCN)c2cn1. The second kappa shape index (κ2) is 11.3. The van der Waals surface area contributed by atoms with Crippen LogP contribution in [0.25, 0.3) is 21.9 Å². The van der Waals surface area contributed by atoms with Crippen LogP contribution in [0.2, 0.25) is 0 Å². The zero-order valence-corrected chi connectivity index (χ0v) is 17.6. The summed E-state index contributed by atoms with van der Waals surface area (Å²) < 4.78 is 5.00. The highest BCUT2D eigenvalue weighted by molar-refractivity contribution is 6.00. The fraction of sp³-hybridized carbons (Fsp3) is 0.217. The number of carbonyl (C=O) groups excluding carboxylic acids is 2. The molecule has 9 nitrogen and oxygen atoms in total. The van der Waals surface area contributed by atoms with Crippen molar-refractivity contribution in [2.45, 2.75) is 13.5 Å². The maximum Gasteiger partial charge on any atom is 0.408 e. The minimum atomic E-state index is -0.579. The summed E-state index contributed by atoms with van der Waals surface area (Å²) in [6.07, 6.45) is 4.53. The van der Waals surface area contributed by atoms with E-state index in [-0.39, 0.29) is 25.7 Å². The Kier molecular flexibility index (Phi) is 7.95. The zero-order chi connectivity index (χ0) is 22.8. The van der Waals surface area contributed by atoms with Gasteiger partial charge in [0.1, 0.15) is 5.82 Å². The van der Waals surface area contributed by atoms with Gasteiger partial charge >= 0.3 is 12.1 Å². The van der Waals surface area contributed by atoms with Crippen LogP contribution in [-0.2, 0) is 11.3 Å². The average molecular weight is 432 g/mol. The number of anilines is 1. The quantitative estimate of drug-likeness (QED) is 0.443. The fourth-order valence-corrected chi connectivity index (χ4v) is 3.07. The van der Waals surface area contributed by atoms with E-state index >= 15 is 0 Å². The van der Waals surface area contributed by atoms with Gasteiger partial charge in [0.15, 0.2) is 6.61 Å². The molecule has 2 aromatic heterocycles. The summed E-state index contributed by atoms with van der Waals surface area (Å²) in [5, 5.41) is 9.84. The van der Waals surface area contributed by atoms with Gasteiger partial charge in [-0.25, -0.2) is 14.6 Å². The number of nitrogens with zero attached hydrogens (tertiary/aromatic N) is 2. The Morgan fingerprint density at radius 2 is 1.91 bits per heavy atom. The number of hydrogen-bond donors (Lipinski definition) is 4. The highest BCUT2D eigenvalue weighted by Gasteiger charge is 2.12. The average Bonchev–Trinajstić information content (AvgIpc) is 2.81. The number of nitrogens with one attached hydrogen (secondary N) is 3. The van der Waals surface area contributed by atoms with Crippen LogP contribution in [-0.4, -0.2) is 41.8 Å². The standard InChI is InChI=1S/C23H24N6O3/c1-2-26-22(30)29-21-13-19-18(16-7-10-25-11-8-16)6-5-17(20(19)15-27-21)14-28-23(31)32-12-4-3-9-24/h5-8,10-11,13,15H,2,9,12,14,24H2,1H3,(H,28,31)(H2,26,27,29,30). The summed E-state index contributed by atoms with van der Waals surface area (Å²) in [4.78, 5) is 32.3. The van der Waals surface area contributed by atoms with Crippen molar-refractivity contribution in [3.05, 3.63) is 54.5 Å². The lowest BCUT2D eigenvalue weighted by atomic mass is 9.96. The summed E-state index contributed by atoms with van der Waals surface area (Å²) in [7, 11) is 0. The first-order chi connectivity index (χ1) is 15.6. The Balaban J connectivity index is 1.89. The summed E-state index contributed by atoms with van der Waals surface area (Å²) in [6.45, 7) is 2.77. The van der Waals surface area contributed by atoms with Crippen LogP contribution in [0.1, 0.15) is 12.5 Å². The van der Waals surface area contributed by atoms with Gasteiger partial charge in [0.05, 0.1) is 6.54 Å². The third kappa shape index (κ3) is 5.93. The summed E-state index contributed by atoms with van der Waals surface area (Å²) in [5.41, 5.74) is 8.04. The molecule has 0 spiro atoms. The van der Waals surface area contributed by atoms with E-state index in [4.69, 9.17) is 10.5 Å². The third-order valence-electron chi connectivity index (χ3n) is 4.49. The first-order valence-electron chi connectivity index (χ1n) is 10.1. The minimum absolute atomic E-state index is 0.0266. The molecular formula is C23H24N6O3. The molecule has 3 rings (SSSR count). The van der Waals surface area contributed by atoms with Crippen molar-refractivity contribution in [3.63, 3.8) is 0 Å². The Labute approximate surface area is 185 Å². The number of aromatic nitrogens is 2. The molecule has 0 radical (unpaired) electrons. The lowest BCUT2D eigenvalue weighted by molar-refractivity contribution is 0.159. The molecule has 0 saturated carbocycles. The first-order valence-corrected chi connectivity index (χ1v) is 10.1. The number of rotatable bonds is 6. The zero-order valence-electron chi connectivity index (χ0n) is 17.6. The van der Waals surface area contributed by atoms with Crippen LogP contribution < -0.4 is 21.7 Å². The van der Waals surface area contributed by atoms with Gasteiger partial charge < -0.3 is 21.1 Å². The molecule has 0 atom stereocenters. The lowest BCUT2D eigenvalue weighted by Crippen LogP contribution is -2.28. The van der Waals surface area contributed by atoms with Gasteiger partial charge in [0, 0.05) is 37.1 Å². The number of urea groups is 1. The summed E-state index contributed by atoms with van der Waals surface area (Å²) in [5.74, 6) is 5.68. The van der Waals surface area contributed by atoms with Crippen molar-refractivity contribution in [1.82, 2.24) is 20.6 Å².